The van der Waals surface area contributed by atoms with Crippen LogP contribution in [0.25, 0.3) is 0 Å². The first-order chi connectivity index (χ1) is 5.82. The number of rotatable bonds is 3. The first-order valence-electron chi connectivity index (χ1n) is 4.72. The predicted molar refractivity (Wildman–Crippen MR) is 54.2 cm³/mol. The zero-order valence-electron chi connectivity index (χ0n) is 8.58. The van der Waals surface area contributed by atoms with E-state index in [0.29, 0.717) is 11.8 Å². The summed E-state index contributed by atoms with van der Waals surface area (Å²) in [5.41, 5.74) is 5.54. The number of hydrogen-bond donors (Lipinski definition) is 1. The lowest BCUT2D eigenvalue weighted by Crippen LogP contribution is -2.56. The predicted octanol–water partition coefficient (Wildman–Crippen LogP) is 0.795. The van der Waals surface area contributed by atoms with Crippen LogP contribution < -0.4 is 5.73 Å². The molecule has 1 aliphatic rings. The summed E-state index contributed by atoms with van der Waals surface area (Å²) in [5, 5.41) is 0. The smallest absolute Gasteiger partial charge is 0.154 e. The first kappa shape index (κ1) is 11.0. The van der Waals surface area contributed by atoms with Crippen molar-refractivity contribution in [3.05, 3.63) is 0 Å². The van der Waals surface area contributed by atoms with E-state index in [0.717, 1.165) is 12.8 Å². The Morgan fingerprint density at radius 3 is 2.15 bits per heavy atom. The zero-order chi connectivity index (χ0) is 10.3. The average Bonchev–Trinajstić information content (AvgIpc) is 1.81. The minimum Gasteiger partial charge on any atom is -0.329 e. The van der Waals surface area contributed by atoms with E-state index in [-0.39, 0.29) is 6.54 Å². The molecule has 3 nitrogen and oxygen atoms in total. The molecule has 1 fully saturated rings. The third-order valence-electron chi connectivity index (χ3n) is 3.37. The molecular formula is C9H19NO2S. The van der Waals surface area contributed by atoms with Gasteiger partial charge in [0.25, 0.3) is 0 Å². The Bertz CT molecular complexity index is 276. The Balaban J connectivity index is 2.72. The molecule has 0 atom stereocenters. The monoisotopic (exact) mass is 205 g/mol. The lowest BCUT2D eigenvalue weighted by atomic mass is 9.69. The van der Waals surface area contributed by atoms with Gasteiger partial charge in [0.15, 0.2) is 9.84 Å². The molecule has 0 radical (unpaired) electrons. The second-order valence-corrected chi connectivity index (χ2v) is 6.98. The van der Waals surface area contributed by atoms with Gasteiger partial charge >= 0.3 is 0 Å². The summed E-state index contributed by atoms with van der Waals surface area (Å²) in [7, 11) is -2.97. The Morgan fingerprint density at radius 2 is 1.92 bits per heavy atom. The van der Waals surface area contributed by atoms with E-state index in [1.54, 1.807) is 0 Å². The minimum atomic E-state index is -2.97. The Hall–Kier alpha value is -0.0900. The van der Waals surface area contributed by atoms with E-state index < -0.39 is 14.6 Å². The Labute approximate surface area is 80.6 Å². The molecule has 0 aromatic rings. The second-order valence-electron chi connectivity index (χ2n) is 4.57. The Morgan fingerprint density at radius 1 is 1.46 bits per heavy atom. The zero-order valence-corrected chi connectivity index (χ0v) is 9.39. The molecule has 4 heteroatoms. The van der Waals surface area contributed by atoms with Gasteiger partial charge in [-0.15, -0.1) is 0 Å². The highest BCUT2D eigenvalue weighted by Gasteiger charge is 2.51. The summed E-state index contributed by atoms with van der Waals surface area (Å²) in [6.07, 6.45) is 2.80. The maximum absolute atomic E-state index is 11.5. The van der Waals surface area contributed by atoms with E-state index >= 15 is 0 Å². The van der Waals surface area contributed by atoms with Gasteiger partial charge in [0.1, 0.15) is 0 Å². The van der Waals surface area contributed by atoms with Crippen LogP contribution >= 0.6 is 0 Å². The SMILES string of the molecule is CC(C)C1CC(CN)(S(C)(=O)=O)C1. The van der Waals surface area contributed by atoms with Crippen LogP contribution in [0.1, 0.15) is 26.7 Å². The van der Waals surface area contributed by atoms with E-state index in [4.69, 9.17) is 5.73 Å². The summed E-state index contributed by atoms with van der Waals surface area (Å²) in [4.78, 5) is 0. The summed E-state index contributed by atoms with van der Waals surface area (Å²) in [6, 6.07) is 0. The maximum atomic E-state index is 11.5. The molecule has 0 amide bonds. The van der Waals surface area contributed by atoms with Crippen molar-refractivity contribution in [3.8, 4) is 0 Å². The molecule has 0 bridgehead atoms. The summed E-state index contributed by atoms with van der Waals surface area (Å²) in [6.45, 7) is 4.54. The van der Waals surface area contributed by atoms with Crippen LogP contribution in [0.3, 0.4) is 0 Å². The van der Waals surface area contributed by atoms with Crippen LogP contribution in [-0.2, 0) is 9.84 Å². The lowest BCUT2D eigenvalue weighted by molar-refractivity contribution is 0.167. The molecule has 0 unspecified atom stereocenters. The molecule has 0 spiro atoms. The molecule has 0 aliphatic heterocycles. The molecule has 0 heterocycles. The largest absolute Gasteiger partial charge is 0.329 e. The molecule has 1 saturated carbocycles. The van der Waals surface area contributed by atoms with Crippen molar-refractivity contribution < 1.29 is 8.42 Å². The average molecular weight is 205 g/mol. The van der Waals surface area contributed by atoms with E-state index in [9.17, 15) is 8.42 Å². The van der Waals surface area contributed by atoms with E-state index in [1.807, 2.05) is 0 Å². The van der Waals surface area contributed by atoms with Gasteiger partial charge in [-0.1, -0.05) is 13.8 Å². The van der Waals surface area contributed by atoms with Crippen LogP contribution in [0.4, 0.5) is 0 Å². The van der Waals surface area contributed by atoms with Crippen molar-refractivity contribution in [2.24, 2.45) is 17.6 Å². The van der Waals surface area contributed by atoms with Gasteiger partial charge in [0, 0.05) is 12.8 Å². The van der Waals surface area contributed by atoms with E-state index in [1.165, 1.54) is 6.26 Å². The van der Waals surface area contributed by atoms with Gasteiger partial charge in [-0.25, -0.2) is 8.42 Å². The molecule has 2 N–H and O–H groups in total. The Kier molecular flexibility index (Phi) is 2.74. The molecular weight excluding hydrogens is 186 g/mol. The van der Waals surface area contributed by atoms with Crippen molar-refractivity contribution in [1.29, 1.82) is 0 Å². The third-order valence-corrected chi connectivity index (χ3v) is 5.44. The molecule has 1 rings (SSSR count). The maximum Gasteiger partial charge on any atom is 0.154 e. The number of hydrogen-bond acceptors (Lipinski definition) is 3. The van der Waals surface area contributed by atoms with Crippen LogP contribution in [0, 0.1) is 11.8 Å². The van der Waals surface area contributed by atoms with Crippen molar-refractivity contribution in [2.75, 3.05) is 12.8 Å². The molecule has 0 aromatic heterocycles. The molecule has 1 aliphatic carbocycles. The van der Waals surface area contributed by atoms with Crippen molar-refractivity contribution in [3.63, 3.8) is 0 Å². The minimum absolute atomic E-state index is 0.273. The van der Waals surface area contributed by atoms with Gasteiger partial charge in [0.05, 0.1) is 4.75 Å². The van der Waals surface area contributed by atoms with Crippen LogP contribution in [0.15, 0.2) is 0 Å². The van der Waals surface area contributed by atoms with Crippen molar-refractivity contribution in [1.82, 2.24) is 0 Å². The topological polar surface area (TPSA) is 60.2 Å². The molecule has 13 heavy (non-hydrogen) atoms. The van der Waals surface area contributed by atoms with Crippen molar-refractivity contribution in [2.45, 2.75) is 31.4 Å². The fourth-order valence-corrected chi connectivity index (χ4v) is 3.32. The summed E-state index contributed by atoms with van der Waals surface area (Å²) >= 11 is 0. The van der Waals surface area contributed by atoms with Crippen LogP contribution in [0.5, 0.6) is 0 Å². The van der Waals surface area contributed by atoms with Gasteiger partial charge < -0.3 is 5.73 Å². The fraction of sp³-hybridized carbons (Fsp3) is 1.00. The lowest BCUT2D eigenvalue weighted by Gasteiger charge is -2.47. The summed E-state index contributed by atoms with van der Waals surface area (Å²) < 4.78 is 22.3. The highest BCUT2D eigenvalue weighted by Crippen LogP contribution is 2.46. The van der Waals surface area contributed by atoms with E-state index in [2.05, 4.69) is 13.8 Å². The summed E-state index contributed by atoms with van der Waals surface area (Å²) in [5.74, 6) is 1.11. The molecule has 0 saturated heterocycles. The quantitative estimate of drug-likeness (QED) is 0.741. The normalized spacial score (nSPS) is 34.7. The highest BCUT2D eigenvalue weighted by atomic mass is 32.2. The van der Waals surface area contributed by atoms with Gasteiger partial charge in [-0.3, -0.25) is 0 Å². The second kappa shape index (κ2) is 3.24. The number of nitrogens with two attached hydrogens (primary N) is 1. The molecule has 78 valence electrons. The van der Waals surface area contributed by atoms with Crippen LogP contribution in [-0.4, -0.2) is 26.0 Å². The fourth-order valence-electron chi connectivity index (χ4n) is 1.99. The highest BCUT2D eigenvalue weighted by molar-refractivity contribution is 7.92. The van der Waals surface area contributed by atoms with Crippen LogP contribution in [0.2, 0.25) is 0 Å². The number of sulfone groups is 1. The van der Waals surface area contributed by atoms with Crippen molar-refractivity contribution >= 4 is 9.84 Å². The molecule has 0 aromatic carbocycles. The standard InChI is InChI=1S/C9H19NO2S/c1-7(2)8-4-9(5-8,6-10)13(3,11)12/h7-8H,4-6,10H2,1-3H3. The van der Waals surface area contributed by atoms with Gasteiger partial charge in [0.2, 0.25) is 0 Å². The third kappa shape index (κ3) is 1.74. The van der Waals surface area contributed by atoms with Gasteiger partial charge in [-0.2, -0.15) is 0 Å². The van der Waals surface area contributed by atoms with Gasteiger partial charge in [-0.05, 0) is 24.7 Å². The first-order valence-corrected chi connectivity index (χ1v) is 6.61.